The van der Waals surface area contributed by atoms with Gasteiger partial charge in [-0.15, -0.1) is 0 Å². The first-order valence-electron chi connectivity index (χ1n) is 7.30. The molecule has 1 atom stereocenters. The van der Waals surface area contributed by atoms with Crippen molar-refractivity contribution in [3.8, 4) is 0 Å². The van der Waals surface area contributed by atoms with Crippen LogP contribution in [0.1, 0.15) is 31.9 Å². The number of hydrogen-bond acceptors (Lipinski definition) is 5. The van der Waals surface area contributed by atoms with E-state index in [-0.39, 0.29) is 11.3 Å². The first-order valence-corrected chi connectivity index (χ1v) is 8.79. The lowest BCUT2D eigenvalue weighted by Gasteiger charge is -2.14. The molecule has 0 aliphatic carbocycles. The molecule has 2 aromatic rings. The van der Waals surface area contributed by atoms with Crippen LogP contribution in [0.4, 0.5) is 0 Å². The average Bonchev–Trinajstić information content (AvgIpc) is 2.77. The molecule has 0 aliphatic rings. The molecule has 0 bridgehead atoms. The minimum absolute atomic E-state index is 0.0659. The quantitative estimate of drug-likeness (QED) is 0.783. The molecule has 126 valence electrons. The zero-order valence-electron chi connectivity index (χ0n) is 13.3. The SMILES string of the molecule is CCCCC(NS(=O)(=O)c1cnc2c(c1)c(C)nn2C)C(=O)O. The Bertz CT molecular complexity index is 829. The van der Waals surface area contributed by atoms with Crippen molar-refractivity contribution in [3.63, 3.8) is 0 Å². The van der Waals surface area contributed by atoms with Gasteiger partial charge in [0.25, 0.3) is 0 Å². The summed E-state index contributed by atoms with van der Waals surface area (Å²) in [5.74, 6) is -1.19. The monoisotopic (exact) mass is 340 g/mol. The van der Waals surface area contributed by atoms with Crippen LogP contribution in [0.25, 0.3) is 11.0 Å². The van der Waals surface area contributed by atoms with Crippen molar-refractivity contribution >= 4 is 27.0 Å². The number of aryl methyl sites for hydroxylation is 2. The molecule has 0 aromatic carbocycles. The third-order valence-electron chi connectivity index (χ3n) is 3.59. The second-order valence-corrected chi connectivity index (χ2v) is 7.12. The molecule has 2 heterocycles. The van der Waals surface area contributed by atoms with Crippen molar-refractivity contribution in [3.05, 3.63) is 18.0 Å². The zero-order valence-corrected chi connectivity index (χ0v) is 14.1. The van der Waals surface area contributed by atoms with Crippen LogP contribution in [-0.4, -0.2) is 40.3 Å². The van der Waals surface area contributed by atoms with E-state index >= 15 is 0 Å². The van der Waals surface area contributed by atoms with Gasteiger partial charge in [-0.2, -0.15) is 9.82 Å². The van der Waals surface area contributed by atoms with Gasteiger partial charge in [0, 0.05) is 18.6 Å². The largest absolute Gasteiger partial charge is 0.480 e. The van der Waals surface area contributed by atoms with Crippen molar-refractivity contribution in [2.45, 2.75) is 44.0 Å². The summed E-state index contributed by atoms with van der Waals surface area (Å²) < 4.78 is 28.7. The van der Waals surface area contributed by atoms with Gasteiger partial charge in [-0.1, -0.05) is 19.8 Å². The van der Waals surface area contributed by atoms with Gasteiger partial charge in [0.2, 0.25) is 10.0 Å². The van der Waals surface area contributed by atoms with E-state index in [4.69, 9.17) is 0 Å². The Morgan fingerprint density at radius 1 is 1.48 bits per heavy atom. The number of unbranched alkanes of at least 4 members (excludes halogenated alkanes) is 1. The minimum atomic E-state index is -3.96. The Hall–Kier alpha value is -2.00. The van der Waals surface area contributed by atoms with E-state index in [9.17, 15) is 18.3 Å². The number of nitrogens with one attached hydrogen (secondary N) is 1. The lowest BCUT2D eigenvalue weighted by atomic mass is 10.1. The average molecular weight is 340 g/mol. The highest BCUT2D eigenvalue weighted by Gasteiger charge is 2.25. The van der Waals surface area contributed by atoms with Crippen LogP contribution in [0.5, 0.6) is 0 Å². The normalized spacial score (nSPS) is 13.3. The van der Waals surface area contributed by atoms with Gasteiger partial charge in [-0.05, 0) is 19.4 Å². The van der Waals surface area contributed by atoms with Gasteiger partial charge < -0.3 is 5.11 Å². The summed E-state index contributed by atoms with van der Waals surface area (Å²) >= 11 is 0. The summed E-state index contributed by atoms with van der Waals surface area (Å²) in [6.45, 7) is 3.67. The number of pyridine rings is 1. The fraction of sp³-hybridized carbons (Fsp3) is 0.500. The molecular weight excluding hydrogens is 320 g/mol. The maximum atomic E-state index is 12.4. The number of aromatic nitrogens is 3. The third-order valence-corrected chi connectivity index (χ3v) is 5.03. The van der Waals surface area contributed by atoms with E-state index in [0.717, 1.165) is 6.42 Å². The Morgan fingerprint density at radius 2 is 2.17 bits per heavy atom. The molecule has 9 heteroatoms. The lowest BCUT2D eigenvalue weighted by molar-refractivity contribution is -0.139. The van der Waals surface area contributed by atoms with Crippen molar-refractivity contribution in [1.29, 1.82) is 0 Å². The first-order chi connectivity index (χ1) is 10.8. The number of aliphatic carboxylic acids is 1. The molecular formula is C14H20N4O4S. The predicted octanol–water partition coefficient (Wildman–Crippen LogP) is 1.20. The van der Waals surface area contributed by atoms with Gasteiger partial charge in [0.1, 0.15) is 10.9 Å². The first kappa shape index (κ1) is 17.4. The number of sulfonamides is 1. The molecule has 23 heavy (non-hydrogen) atoms. The number of rotatable bonds is 7. The Balaban J connectivity index is 2.35. The molecule has 2 N–H and O–H groups in total. The topological polar surface area (TPSA) is 114 Å². The molecule has 0 saturated carbocycles. The predicted molar refractivity (Wildman–Crippen MR) is 84.5 cm³/mol. The van der Waals surface area contributed by atoms with E-state index in [1.165, 1.54) is 12.3 Å². The van der Waals surface area contributed by atoms with E-state index in [1.54, 1.807) is 18.7 Å². The van der Waals surface area contributed by atoms with Crippen LogP contribution >= 0.6 is 0 Å². The second-order valence-electron chi connectivity index (χ2n) is 5.41. The Labute approximate surface area is 134 Å². The molecule has 0 radical (unpaired) electrons. The maximum absolute atomic E-state index is 12.4. The fourth-order valence-corrected chi connectivity index (χ4v) is 3.53. The summed E-state index contributed by atoms with van der Waals surface area (Å²) in [5, 5.41) is 14.0. The molecule has 0 spiro atoms. The smallest absolute Gasteiger partial charge is 0.321 e. The molecule has 0 aliphatic heterocycles. The van der Waals surface area contributed by atoms with Crippen LogP contribution in [0, 0.1) is 6.92 Å². The molecule has 2 aromatic heterocycles. The summed E-state index contributed by atoms with van der Waals surface area (Å²) in [4.78, 5) is 15.3. The summed E-state index contributed by atoms with van der Waals surface area (Å²) in [7, 11) is -2.24. The van der Waals surface area contributed by atoms with Gasteiger partial charge in [0.15, 0.2) is 5.65 Å². The van der Waals surface area contributed by atoms with Crippen molar-refractivity contribution < 1.29 is 18.3 Å². The number of carboxylic acids is 1. The van der Waals surface area contributed by atoms with Crippen molar-refractivity contribution in [2.75, 3.05) is 0 Å². The van der Waals surface area contributed by atoms with Crippen LogP contribution in [0.3, 0.4) is 0 Å². The molecule has 0 amide bonds. The second kappa shape index (κ2) is 6.63. The number of carbonyl (C=O) groups is 1. The number of fused-ring (bicyclic) bond motifs is 1. The van der Waals surface area contributed by atoms with Gasteiger partial charge in [0.05, 0.1) is 5.69 Å². The summed E-state index contributed by atoms with van der Waals surface area (Å²) in [6.07, 6.45) is 2.86. The van der Waals surface area contributed by atoms with Gasteiger partial charge in [-0.25, -0.2) is 13.4 Å². The fourth-order valence-electron chi connectivity index (χ4n) is 2.33. The maximum Gasteiger partial charge on any atom is 0.321 e. The molecule has 0 saturated heterocycles. The summed E-state index contributed by atoms with van der Waals surface area (Å²) in [6, 6.07) is 0.316. The highest BCUT2D eigenvalue weighted by molar-refractivity contribution is 7.89. The molecule has 1 unspecified atom stereocenters. The van der Waals surface area contributed by atoms with Crippen LogP contribution in [-0.2, 0) is 21.9 Å². The van der Waals surface area contributed by atoms with Crippen molar-refractivity contribution in [2.24, 2.45) is 7.05 Å². The van der Waals surface area contributed by atoms with Crippen molar-refractivity contribution in [1.82, 2.24) is 19.5 Å². The number of hydrogen-bond donors (Lipinski definition) is 2. The van der Waals surface area contributed by atoms with Gasteiger partial charge in [-0.3, -0.25) is 9.48 Å². The third kappa shape index (κ3) is 3.67. The van der Waals surface area contributed by atoms with Crippen LogP contribution in [0.15, 0.2) is 17.2 Å². The van der Waals surface area contributed by atoms with E-state index < -0.39 is 22.0 Å². The molecule has 0 fully saturated rings. The molecule has 8 nitrogen and oxygen atoms in total. The summed E-state index contributed by atoms with van der Waals surface area (Å²) in [5.41, 5.74) is 1.23. The Kier molecular flexibility index (Phi) is 5.00. The number of nitrogens with zero attached hydrogens (tertiary/aromatic N) is 3. The van der Waals surface area contributed by atoms with E-state index in [0.29, 0.717) is 23.1 Å². The number of carboxylic acid groups (broad SMARTS) is 1. The van der Waals surface area contributed by atoms with Crippen LogP contribution in [0.2, 0.25) is 0 Å². The zero-order chi connectivity index (χ0) is 17.2. The standard InChI is InChI=1S/C14H20N4O4S/c1-4-5-6-12(14(19)20)17-23(21,22)10-7-11-9(2)16-18(3)13(11)15-8-10/h7-8,12,17H,4-6H2,1-3H3,(H,19,20). The lowest BCUT2D eigenvalue weighted by Crippen LogP contribution is -2.40. The highest BCUT2D eigenvalue weighted by atomic mass is 32.2. The van der Waals surface area contributed by atoms with E-state index in [1.807, 2.05) is 6.92 Å². The van der Waals surface area contributed by atoms with Crippen LogP contribution < -0.4 is 4.72 Å². The van der Waals surface area contributed by atoms with Gasteiger partial charge >= 0.3 is 5.97 Å². The molecule has 2 rings (SSSR count). The minimum Gasteiger partial charge on any atom is -0.480 e. The highest BCUT2D eigenvalue weighted by Crippen LogP contribution is 2.19. The Morgan fingerprint density at radius 3 is 2.78 bits per heavy atom. The van der Waals surface area contributed by atoms with E-state index in [2.05, 4.69) is 14.8 Å².